The normalized spacial score (nSPS) is 13.8. The second-order valence-corrected chi connectivity index (χ2v) is 5.37. The molecule has 3 rings (SSSR count). The minimum absolute atomic E-state index is 0.136. The van der Waals surface area contributed by atoms with E-state index < -0.39 is 5.82 Å². The van der Waals surface area contributed by atoms with Crippen molar-refractivity contribution in [3.05, 3.63) is 70.8 Å². The molecule has 0 saturated carbocycles. The van der Waals surface area contributed by atoms with Crippen LogP contribution < -0.4 is 11.1 Å². The molecule has 122 valence electrons. The summed E-state index contributed by atoms with van der Waals surface area (Å²) < 4.78 is 27.0. The van der Waals surface area contributed by atoms with Gasteiger partial charge in [-0.05, 0) is 35.9 Å². The van der Waals surface area contributed by atoms with Crippen molar-refractivity contribution in [1.29, 1.82) is 5.41 Å². The second kappa shape index (κ2) is 6.62. The zero-order chi connectivity index (χ0) is 17.1. The zero-order valence-electron chi connectivity index (χ0n) is 12.8. The molecule has 4 nitrogen and oxygen atoms in total. The molecule has 0 aliphatic carbocycles. The first-order valence-corrected chi connectivity index (χ1v) is 7.45. The fourth-order valence-electron chi connectivity index (χ4n) is 2.42. The lowest BCUT2D eigenvalue weighted by atomic mass is 10.0. The Hall–Kier alpha value is -3.02. The maximum Gasteiger partial charge on any atom is 0.136 e. The lowest BCUT2D eigenvalue weighted by Gasteiger charge is -2.10. The van der Waals surface area contributed by atoms with Crippen molar-refractivity contribution in [2.24, 2.45) is 4.99 Å². The van der Waals surface area contributed by atoms with Gasteiger partial charge in [0.2, 0.25) is 0 Å². The molecule has 0 atom stereocenters. The molecule has 0 aromatic heterocycles. The number of amidine groups is 1. The van der Waals surface area contributed by atoms with E-state index in [0.717, 1.165) is 5.56 Å². The number of halogens is 2. The lowest BCUT2D eigenvalue weighted by Crippen LogP contribution is -2.21. The Balaban J connectivity index is 1.89. The van der Waals surface area contributed by atoms with Crippen LogP contribution in [0.3, 0.4) is 0 Å². The number of nitrogens with zero attached hydrogens (tertiary/aromatic N) is 1. The van der Waals surface area contributed by atoms with Crippen molar-refractivity contribution in [2.75, 3.05) is 18.8 Å². The number of hydrogen-bond donors (Lipinski definition) is 3. The smallest absolute Gasteiger partial charge is 0.136 e. The third-order valence-corrected chi connectivity index (χ3v) is 3.67. The molecule has 0 bridgehead atoms. The predicted molar refractivity (Wildman–Crippen MR) is 92.5 cm³/mol. The van der Waals surface area contributed by atoms with Crippen molar-refractivity contribution in [1.82, 2.24) is 5.32 Å². The quantitative estimate of drug-likeness (QED) is 0.597. The van der Waals surface area contributed by atoms with Crippen LogP contribution in [0.5, 0.6) is 0 Å². The number of nitrogens with two attached hydrogens (primary N) is 1. The largest absolute Gasteiger partial charge is 0.398 e. The summed E-state index contributed by atoms with van der Waals surface area (Å²) in [5.74, 6) is -0.316. The van der Waals surface area contributed by atoms with Crippen molar-refractivity contribution in [3.63, 3.8) is 0 Å². The summed E-state index contributed by atoms with van der Waals surface area (Å²) in [6, 6.07) is 8.63. The minimum atomic E-state index is -0.472. The maximum atomic E-state index is 14.1. The molecule has 6 heteroatoms. The highest BCUT2D eigenvalue weighted by atomic mass is 19.1. The van der Waals surface area contributed by atoms with Gasteiger partial charge in [-0.25, -0.2) is 8.78 Å². The van der Waals surface area contributed by atoms with Crippen LogP contribution in [0.4, 0.5) is 14.5 Å². The molecule has 0 unspecified atom stereocenters. The Labute approximate surface area is 138 Å². The number of rotatable bonds is 4. The van der Waals surface area contributed by atoms with E-state index in [1.165, 1.54) is 24.3 Å². The molecular formula is C18H16F2N4. The summed E-state index contributed by atoms with van der Waals surface area (Å²) in [6.07, 6.45) is 3.22. The highest BCUT2D eigenvalue weighted by Gasteiger charge is 2.16. The van der Waals surface area contributed by atoms with Crippen molar-refractivity contribution >= 4 is 23.3 Å². The first kappa shape index (κ1) is 15.9. The van der Waals surface area contributed by atoms with Crippen LogP contribution in [-0.2, 0) is 0 Å². The summed E-state index contributed by atoms with van der Waals surface area (Å²) in [7, 11) is 0. The highest BCUT2D eigenvalue weighted by molar-refractivity contribution is 6.13. The molecule has 2 aromatic rings. The number of nitrogens with one attached hydrogen (secondary N) is 2. The van der Waals surface area contributed by atoms with Gasteiger partial charge in [0.25, 0.3) is 0 Å². The predicted octanol–water partition coefficient (Wildman–Crippen LogP) is 2.98. The van der Waals surface area contributed by atoms with Crippen LogP contribution in [0.15, 0.2) is 47.5 Å². The van der Waals surface area contributed by atoms with E-state index in [4.69, 9.17) is 11.1 Å². The van der Waals surface area contributed by atoms with Gasteiger partial charge in [0.05, 0.1) is 17.8 Å². The first-order valence-electron chi connectivity index (χ1n) is 7.45. The highest BCUT2D eigenvalue weighted by Crippen LogP contribution is 2.20. The van der Waals surface area contributed by atoms with Gasteiger partial charge in [0, 0.05) is 17.8 Å². The summed E-state index contributed by atoms with van der Waals surface area (Å²) in [6.45, 7) is 1.26. The third-order valence-electron chi connectivity index (χ3n) is 3.67. The lowest BCUT2D eigenvalue weighted by molar-refractivity contribution is 0.625. The fraction of sp³-hybridized carbons (Fsp3) is 0.111. The molecule has 0 radical (unpaired) electrons. The van der Waals surface area contributed by atoms with Gasteiger partial charge in [-0.2, -0.15) is 0 Å². The topological polar surface area (TPSA) is 74.3 Å². The van der Waals surface area contributed by atoms with Gasteiger partial charge in [-0.3, -0.25) is 4.99 Å². The second-order valence-electron chi connectivity index (χ2n) is 5.37. The van der Waals surface area contributed by atoms with E-state index >= 15 is 0 Å². The Morgan fingerprint density at radius 2 is 1.96 bits per heavy atom. The van der Waals surface area contributed by atoms with Gasteiger partial charge in [0.1, 0.15) is 17.5 Å². The molecule has 2 aromatic carbocycles. The summed E-state index contributed by atoms with van der Waals surface area (Å²) >= 11 is 0. The number of benzene rings is 2. The van der Waals surface area contributed by atoms with E-state index in [2.05, 4.69) is 10.3 Å². The number of aliphatic imine (C=N–C) groups is 1. The molecular weight excluding hydrogens is 310 g/mol. The minimum Gasteiger partial charge on any atom is -0.398 e. The molecule has 1 heterocycles. The Morgan fingerprint density at radius 1 is 1.21 bits per heavy atom. The molecule has 1 aliphatic heterocycles. The SMILES string of the molecule is N=C(/C=C/c1ccc(F)cc1)c1cc(C2=NCCN2)c(F)cc1N. The summed E-state index contributed by atoms with van der Waals surface area (Å²) in [4.78, 5) is 4.20. The number of anilines is 1. The zero-order valence-corrected chi connectivity index (χ0v) is 12.8. The Bertz CT molecular complexity index is 839. The number of hydrogen-bond acceptors (Lipinski definition) is 4. The van der Waals surface area contributed by atoms with Crippen LogP contribution in [-0.4, -0.2) is 24.6 Å². The molecule has 0 fully saturated rings. The van der Waals surface area contributed by atoms with E-state index in [1.54, 1.807) is 24.3 Å². The third kappa shape index (κ3) is 3.32. The van der Waals surface area contributed by atoms with Gasteiger partial charge >= 0.3 is 0 Å². The Kier molecular flexibility index (Phi) is 4.37. The van der Waals surface area contributed by atoms with E-state index in [9.17, 15) is 8.78 Å². The standard InChI is InChI=1S/C18H16F2N4/c19-12-4-1-11(2-5-12)3-6-16(21)14-9-13(15(20)10-17(14)22)18-23-7-8-24-18/h1-6,9-10,21H,7-8,22H2,(H,23,24)/b6-3+,21-16?. The van der Waals surface area contributed by atoms with Crippen LogP contribution in [0.2, 0.25) is 0 Å². The maximum absolute atomic E-state index is 14.1. The molecule has 0 spiro atoms. The monoisotopic (exact) mass is 326 g/mol. The van der Waals surface area contributed by atoms with Gasteiger partial charge in [-0.15, -0.1) is 0 Å². The van der Waals surface area contributed by atoms with E-state index in [0.29, 0.717) is 30.1 Å². The first-order chi connectivity index (χ1) is 11.5. The van der Waals surface area contributed by atoms with Crippen LogP contribution in [0.1, 0.15) is 16.7 Å². The number of allylic oxidation sites excluding steroid dienone is 1. The van der Waals surface area contributed by atoms with Crippen LogP contribution >= 0.6 is 0 Å². The number of nitrogen functional groups attached to an aromatic ring is 1. The molecule has 4 N–H and O–H groups in total. The average molecular weight is 326 g/mol. The van der Waals surface area contributed by atoms with E-state index in [-0.39, 0.29) is 17.2 Å². The van der Waals surface area contributed by atoms with Gasteiger partial charge in [-0.1, -0.05) is 18.2 Å². The molecule has 0 amide bonds. The fourth-order valence-corrected chi connectivity index (χ4v) is 2.42. The average Bonchev–Trinajstić information content (AvgIpc) is 3.08. The molecule has 1 aliphatic rings. The van der Waals surface area contributed by atoms with Crippen LogP contribution in [0.25, 0.3) is 6.08 Å². The van der Waals surface area contributed by atoms with Crippen molar-refractivity contribution in [3.8, 4) is 0 Å². The molecule has 0 saturated heterocycles. The van der Waals surface area contributed by atoms with Crippen LogP contribution in [0, 0.1) is 17.0 Å². The Morgan fingerprint density at radius 3 is 2.62 bits per heavy atom. The van der Waals surface area contributed by atoms with Crippen molar-refractivity contribution < 1.29 is 8.78 Å². The van der Waals surface area contributed by atoms with Gasteiger partial charge < -0.3 is 16.5 Å². The summed E-state index contributed by atoms with van der Waals surface area (Å²) in [5.41, 5.74) is 7.65. The molecule has 24 heavy (non-hydrogen) atoms. The summed E-state index contributed by atoms with van der Waals surface area (Å²) in [5, 5.41) is 11.2. The van der Waals surface area contributed by atoms with Crippen molar-refractivity contribution in [2.45, 2.75) is 0 Å². The van der Waals surface area contributed by atoms with E-state index in [1.807, 2.05) is 0 Å². The van der Waals surface area contributed by atoms with Gasteiger partial charge in [0.15, 0.2) is 0 Å².